The van der Waals surface area contributed by atoms with Crippen LogP contribution in [0.4, 0.5) is 5.69 Å². The fraction of sp³-hybridized carbons (Fsp3) is 0.381. The number of carbonyl (C=O) groups is 3. The molecule has 2 amide bonds. The second-order valence-electron chi connectivity index (χ2n) is 6.38. The van der Waals surface area contributed by atoms with Crippen LogP contribution in [0.25, 0.3) is 10.8 Å². The molecule has 0 aromatic heterocycles. The maximum absolute atomic E-state index is 12.3. The number of ether oxygens (including phenoxy) is 1. The summed E-state index contributed by atoms with van der Waals surface area (Å²) in [4.78, 5) is 35.7. The molecule has 0 radical (unpaired) electrons. The summed E-state index contributed by atoms with van der Waals surface area (Å²) >= 11 is 0. The normalized spacial score (nSPS) is 11.6. The molecule has 0 saturated heterocycles. The third-order valence-corrected chi connectivity index (χ3v) is 4.32. The molecule has 0 fully saturated rings. The fourth-order valence-electron chi connectivity index (χ4n) is 2.85. The quantitative estimate of drug-likeness (QED) is 0.545. The second-order valence-corrected chi connectivity index (χ2v) is 6.38. The van der Waals surface area contributed by atoms with Crippen molar-refractivity contribution in [2.24, 2.45) is 0 Å². The molecule has 0 aliphatic carbocycles. The first-order valence-corrected chi connectivity index (χ1v) is 9.40. The Morgan fingerprint density at radius 1 is 1.04 bits per heavy atom. The number of anilines is 1. The monoisotopic (exact) mass is 385 g/mol. The van der Waals surface area contributed by atoms with Crippen LogP contribution in [0.3, 0.4) is 0 Å². The third-order valence-electron chi connectivity index (χ3n) is 4.32. The first-order valence-electron chi connectivity index (χ1n) is 9.40. The number of fused-ring (bicyclic) bond motifs is 1. The molecule has 28 heavy (non-hydrogen) atoms. The number of esters is 1. The van der Waals surface area contributed by atoms with E-state index in [0.29, 0.717) is 13.0 Å². The number of methoxy groups -OCH3 is 1. The summed E-state index contributed by atoms with van der Waals surface area (Å²) in [7, 11) is 1.31. The van der Waals surface area contributed by atoms with E-state index in [1.165, 1.54) is 7.11 Å². The Balaban J connectivity index is 1.84. The molecule has 2 rings (SSSR count). The minimum absolute atomic E-state index is 0.115. The molecule has 0 saturated carbocycles. The summed E-state index contributed by atoms with van der Waals surface area (Å²) in [5.74, 6) is -0.764. The van der Waals surface area contributed by atoms with E-state index in [1.807, 2.05) is 49.4 Å². The Labute approximate surface area is 164 Å². The van der Waals surface area contributed by atoms with E-state index in [1.54, 1.807) is 0 Å². The molecule has 2 aromatic rings. The number of hydrogen-bond donors (Lipinski definition) is 3. The van der Waals surface area contributed by atoms with Crippen molar-refractivity contribution in [2.75, 3.05) is 25.5 Å². The number of amides is 2. The maximum atomic E-state index is 12.3. The minimum Gasteiger partial charge on any atom is -0.469 e. The van der Waals surface area contributed by atoms with Crippen molar-refractivity contribution >= 4 is 34.2 Å². The van der Waals surface area contributed by atoms with E-state index in [9.17, 15) is 14.4 Å². The van der Waals surface area contributed by atoms with Gasteiger partial charge in [0.25, 0.3) is 0 Å². The SMILES string of the molecule is CCNC(CCC(=O)Nc1ccc2ccccc2c1)C(=O)NCCC(=O)OC. The van der Waals surface area contributed by atoms with E-state index in [-0.39, 0.29) is 37.2 Å². The van der Waals surface area contributed by atoms with Crippen LogP contribution >= 0.6 is 0 Å². The van der Waals surface area contributed by atoms with Gasteiger partial charge in [0, 0.05) is 18.7 Å². The zero-order valence-corrected chi connectivity index (χ0v) is 16.3. The first-order chi connectivity index (χ1) is 13.5. The van der Waals surface area contributed by atoms with E-state index < -0.39 is 6.04 Å². The average Bonchev–Trinajstić information content (AvgIpc) is 2.70. The average molecular weight is 385 g/mol. The second kappa shape index (κ2) is 11.0. The molecule has 1 unspecified atom stereocenters. The van der Waals surface area contributed by atoms with Gasteiger partial charge < -0.3 is 20.7 Å². The lowest BCUT2D eigenvalue weighted by Gasteiger charge is -2.17. The van der Waals surface area contributed by atoms with Gasteiger partial charge in [0.1, 0.15) is 0 Å². The molecular formula is C21H27N3O4. The molecule has 0 spiro atoms. The largest absolute Gasteiger partial charge is 0.469 e. The number of likely N-dealkylation sites (N-methyl/N-ethyl adjacent to an activating group) is 1. The Kier molecular flexibility index (Phi) is 8.42. The molecule has 0 bridgehead atoms. The summed E-state index contributed by atoms with van der Waals surface area (Å²) in [6, 6.07) is 13.2. The summed E-state index contributed by atoms with van der Waals surface area (Å²) in [6.45, 7) is 2.70. The van der Waals surface area contributed by atoms with Gasteiger partial charge in [0.2, 0.25) is 11.8 Å². The number of carbonyl (C=O) groups excluding carboxylic acids is 3. The Morgan fingerprint density at radius 2 is 1.79 bits per heavy atom. The van der Waals surface area contributed by atoms with Gasteiger partial charge in [-0.15, -0.1) is 0 Å². The van der Waals surface area contributed by atoms with Crippen molar-refractivity contribution in [1.29, 1.82) is 0 Å². The zero-order chi connectivity index (χ0) is 20.4. The molecule has 1 atom stereocenters. The first kappa shape index (κ1) is 21.4. The number of rotatable bonds is 10. The highest BCUT2D eigenvalue weighted by Crippen LogP contribution is 2.19. The van der Waals surface area contributed by atoms with Gasteiger partial charge in [-0.3, -0.25) is 14.4 Å². The van der Waals surface area contributed by atoms with Crippen LogP contribution in [0, 0.1) is 0 Å². The van der Waals surface area contributed by atoms with Gasteiger partial charge in [-0.1, -0.05) is 37.3 Å². The predicted octanol–water partition coefficient (Wildman–Crippen LogP) is 2.22. The van der Waals surface area contributed by atoms with E-state index in [0.717, 1.165) is 16.5 Å². The van der Waals surface area contributed by atoms with E-state index >= 15 is 0 Å². The molecule has 3 N–H and O–H groups in total. The number of hydrogen-bond acceptors (Lipinski definition) is 5. The number of nitrogens with one attached hydrogen (secondary N) is 3. The van der Waals surface area contributed by atoms with Crippen LogP contribution < -0.4 is 16.0 Å². The van der Waals surface area contributed by atoms with Crippen molar-refractivity contribution in [2.45, 2.75) is 32.2 Å². The molecule has 150 valence electrons. The lowest BCUT2D eigenvalue weighted by Crippen LogP contribution is -2.45. The number of benzene rings is 2. The topological polar surface area (TPSA) is 96.5 Å². The third kappa shape index (κ3) is 6.66. The van der Waals surface area contributed by atoms with Crippen LogP contribution in [-0.4, -0.2) is 44.0 Å². The Morgan fingerprint density at radius 3 is 2.50 bits per heavy atom. The van der Waals surface area contributed by atoms with Crippen molar-refractivity contribution in [3.05, 3.63) is 42.5 Å². The van der Waals surface area contributed by atoms with Gasteiger partial charge in [0.15, 0.2) is 0 Å². The molecule has 2 aromatic carbocycles. The Bertz CT molecular complexity index is 822. The van der Waals surface area contributed by atoms with Crippen LogP contribution in [0.1, 0.15) is 26.2 Å². The molecule has 0 aliphatic heterocycles. The van der Waals surface area contributed by atoms with E-state index in [2.05, 4.69) is 20.7 Å². The highest BCUT2D eigenvalue weighted by molar-refractivity contribution is 5.94. The molecule has 0 heterocycles. The van der Waals surface area contributed by atoms with Crippen LogP contribution in [-0.2, 0) is 19.1 Å². The van der Waals surface area contributed by atoms with Crippen LogP contribution in [0.15, 0.2) is 42.5 Å². The lowest BCUT2D eigenvalue weighted by atomic mass is 10.1. The molecular weight excluding hydrogens is 358 g/mol. The van der Waals surface area contributed by atoms with Crippen molar-refractivity contribution in [1.82, 2.24) is 10.6 Å². The highest BCUT2D eigenvalue weighted by atomic mass is 16.5. The van der Waals surface area contributed by atoms with Gasteiger partial charge in [-0.2, -0.15) is 0 Å². The highest BCUT2D eigenvalue weighted by Gasteiger charge is 2.18. The molecule has 7 heteroatoms. The summed E-state index contributed by atoms with van der Waals surface area (Å²) in [5.41, 5.74) is 0.728. The van der Waals surface area contributed by atoms with Crippen molar-refractivity contribution in [3.63, 3.8) is 0 Å². The minimum atomic E-state index is -0.495. The maximum Gasteiger partial charge on any atom is 0.307 e. The fourth-order valence-corrected chi connectivity index (χ4v) is 2.85. The van der Waals surface area contributed by atoms with Crippen LogP contribution in [0.5, 0.6) is 0 Å². The summed E-state index contributed by atoms with van der Waals surface area (Å²) in [6.07, 6.45) is 0.676. The van der Waals surface area contributed by atoms with Crippen molar-refractivity contribution in [3.8, 4) is 0 Å². The van der Waals surface area contributed by atoms with Crippen molar-refractivity contribution < 1.29 is 19.1 Å². The van der Waals surface area contributed by atoms with Gasteiger partial charge >= 0.3 is 5.97 Å². The van der Waals surface area contributed by atoms with Gasteiger partial charge in [0.05, 0.1) is 19.6 Å². The summed E-state index contributed by atoms with van der Waals surface area (Å²) in [5, 5.41) is 10.8. The zero-order valence-electron chi connectivity index (χ0n) is 16.3. The standard InChI is InChI=1S/C21H27N3O4/c1-3-22-18(21(27)23-13-12-20(26)28-2)10-11-19(25)24-17-9-8-15-6-4-5-7-16(15)14-17/h4-9,14,18,22H,3,10-13H2,1-2H3,(H,23,27)(H,24,25). The van der Waals surface area contributed by atoms with E-state index in [4.69, 9.17) is 0 Å². The smallest absolute Gasteiger partial charge is 0.307 e. The predicted molar refractivity (Wildman–Crippen MR) is 109 cm³/mol. The van der Waals surface area contributed by atoms with Crippen LogP contribution in [0.2, 0.25) is 0 Å². The molecule has 0 aliphatic rings. The van der Waals surface area contributed by atoms with Gasteiger partial charge in [-0.05, 0) is 35.9 Å². The summed E-state index contributed by atoms with van der Waals surface area (Å²) < 4.78 is 4.54. The lowest BCUT2D eigenvalue weighted by molar-refractivity contribution is -0.140. The Hall–Kier alpha value is -2.93. The molecule has 7 nitrogen and oxygen atoms in total. The van der Waals surface area contributed by atoms with Gasteiger partial charge in [-0.25, -0.2) is 0 Å².